The van der Waals surface area contributed by atoms with Crippen molar-refractivity contribution < 1.29 is 13.2 Å². The first-order valence-corrected chi connectivity index (χ1v) is 6.04. The fourth-order valence-electron chi connectivity index (χ4n) is 1.76. The summed E-state index contributed by atoms with van der Waals surface area (Å²) in [7, 11) is -1.50. The van der Waals surface area contributed by atoms with Gasteiger partial charge in [-0.25, -0.2) is 8.42 Å². The average Bonchev–Trinajstić information content (AvgIpc) is 2.88. The molecule has 0 aromatic carbocycles. The zero-order valence-corrected chi connectivity index (χ0v) is 8.69. The lowest BCUT2D eigenvalue weighted by Crippen LogP contribution is -2.37. The molecule has 1 radical (unpaired) electrons. The molecule has 0 aromatic heterocycles. The van der Waals surface area contributed by atoms with E-state index in [1.54, 1.807) is 7.11 Å². The quantitative estimate of drug-likeness (QED) is 0.683. The largest absolute Gasteiger partial charge is 0.383 e. The number of rotatable bonds is 4. The second-order valence-corrected chi connectivity index (χ2v) is 7.04. The van der Waals surface area contributed by atoms with Crippen LogP contribution < -0.4 is 0 Å². The molecule has 13 heavy (non-hydrogen) atoms. The van der Waals surface area contributed by atoms with E-state index in [0.29, 0.717) is 6.61 Å². The summed E-state index contributed by atoms with van der Waals surface area (Å²) in [5.74, 6) is 0. The van der Waals surface area contributed by atoms with Crippen LogP contribution in [0.3, 0.4) is 0 Å². The molecular formula is C9H15O3S. The standard InChI is InChI=1S/C9H15O3S/c1-8(3-4-8)13(10,11)9(5-6-9)7-12-2/h1,3-7H2,2H3. The van der Waals surface area contributed by atoms with Gasteiger partial charge in [-0.2, -0.15) is 0 Å². The van der Waals surface area contributed by atoms with Crippen LogP contribution >= 0.6 is 0 Å². The smallest absolute Gasteiger partial charge is 0.163 e. The molecule has 2 aliphatic carbocycles. The Labute approximate surface area is 79.4 Å². The Bertz CT molecular complexity index is 310. The Morgan fingerprint density at radius 3 is 2.15 bits per heavy atom. The molecule has 0 N–H and O–H groups in total. The van der Waals surface area contributed by atoms with Gasteiger partial charge in [-0.1, -0.05) is 0 Å². The van der Waals surface area contributed by atoms with Crippen LogP contribution in [-0.4, -0.2) is 31.6 Å². The summed E-state index contributed by atoms with van der Waals surface area (Å²) in [5, 5.41) is 0. The zero-order valence-electron chi connectivity index (χ0n) is 7.88. The molecule has 0 amide bonds. The molecule has 0 unspecified atom stereocenters. The van der Waals surface area contributed by atoms with E-state index in [0.717, 1.165) is 25.7 Å². The van der Waals surface area contributed by atoms with Gasteiger partial charge in [-0.3, -0.25) is 0 Å². The van der Waals surface area contributed by atoms with E-state index >= 15 is 0 Å². The van der Waals surface area contributed by atoms with E-state index in [9.17, 15) is 8.42 Å². The van der Waals surface area contributed by atoms with E-state index in [1.165, 1.54) is 0 Å². The second-order valence-electron chi connectivity index (χ2n) is 4.30. The lowest BCUT2D eigenvalue weighted by atomic mass is 10.4. The highest BCUT2D eigenvalue weighted by atomic mass is 32.2. The molecule has 2 fully saturated rings. The van der Waals surface area contributed by atoms with Crippen molar-refractivity contribution in [2.75, 3.05) is 13.7 Å². The highest BCUT2D eigenvalue weighted by Crippen LogP contribution is 2.55. The minimum absolute atomic E-state index is 0.340. The van der Waals surface area contributed by atoms with E-state index < -0.39 is 19.3 Å². The zero-order chi connectivity index (χ0) is 9.74. The van der Waals surface area contributed by atoms with Gasteiger partial charge in [0.25, 0.3) is 0 Å². The summed E-state index contributed by atoms with van der Waals surface area (Å²) >= 11 is 0. The van der Waals surface area contributed by atoms with Crippen molar-refractivity contribution in [1.29, 1.82) is 0 Å². The van der Waals surface area contributed by atoms with Crippen LogP contribution in [0.25, 0.3) is 0 Å². The van der Waals surface area contributed by atoms with E-state index in [2.05, 4.69) is 6.92 Å². The number of hydrogen-bond acceptors (Lipinski definition) is 3. The van der Waals surface area contributed by atoms with Gasteiger partial charge in [0, 0.05) is 7.11 Å². The lowest BCUT2D eigenvalue weighted by molar-refractivity contribution is 0.191. The number of sulfone groups is 1. The third kappa shape index (κ3) is 1.15. The second kappa shape index (κ2) is 2.48. The number of methoxy groups -OCH3 is 1. The van der Waals surface area contributed by atoms with Crippen molar-refractivity contribution in [2.24, 2.45) is 0 Å². The van der Waals surface area contributed by atoms with Gasteiger partial charge >= 0.3 is 0 Å². The van der Waals surface area contributed by atoms with Crippen LogP contribution in [0.4, 0.5) is 0 Å². The molecule has 2 aliphatic rings. The van der Waals surface area contributed by atoms with Gasteiger partial charge in [0.1, 0.15) is 0 Å². The summed E-state index contributed by atoms with van der Waals surface area (Å²) in [6.45, 7) is 4.14. The minimum Gasteiger partial charge on any atom is -0.383 e. The summed E-state index contributed by atoms with van der Waals surface area (Å²) in [6.07, 6.45) is 2.95. The normalized spacial score (nSPS) is 28.5. The first-order chi connectivity index (χ1) is 5.97. The van der Waals surface area contributed by atoms with Crippen molar-refractivity contribution in [2.45, 2.75) is 35.2 Å². The van der Waals surface area contributed by atoms with E-state index in [4.69, 9.17) is 4.74 Å². The Balaban J connectivity index is 2.25. The third-order valence-electron chi connectivity index (χ3n) is 3.16. The van der Waals surface area contributed by atoms with E-state index in [1.807, 2.05) is 0 Å². The first kappa shape index (κ1) is 9.46. The van der Waals surface area contributed by atoms with Crippen molar-refractivity contribution in [3.63, 3.8) is 0 Å². The van der Waals surface area contributed by atoms with Crippen LogP contribution in [0, 0.1) is 6.92 Å². The van der Waals surface area contributed by atoms with E-state index in [-0.39, 0.29) is 0 Å². The molecule has 3 nitrogen and oxygen atoms in total. The third-order valence-corrected chi connectivity index (χ3v) is 6.38. The fraction of sp³-hybridized carbons (Fsp3) is 0.889. The molecule has 0 aromatic rings. The first-order valence-electron chi connectivity index (χ1n) is 4.56. The van der Waals surface area contributed by atoms with Gasteiger partial charge in [-0.05, 0) is 32.6 Å². The van der Waals surface area contributed by atoms with Gasteiger partial charge in [0.05, 0.1) is 16.1 Å². The number of hydrogen-bond donors (Lipinski definition) is 0. The Kier molecular flexibility index (Phi) is 1.81. The molecule has 0 saturated heterocycles. The molecule has 2 rings (SSSR count). The monoisotopic (exact) mass is 203 g/mol. The summed E-state index contributed by atoms with van der Waals surface area (Å²) in [4.78, 5) is 0. The predicted octanol–water partition coefficient (Wildman–Crippen LogP) is 0.947. The average molecular weight is 203 g/mol. The topological polar surface area (TPSA) is 43.4 Å². The van der Waals surface area contributed by atoms with Crippen molar-refractivity contribution in [3.8, 4) is 0 Å². The summed E-state index contributed by atoms with van der Waals surface area (Å²) < 4.78 is 27.8. The Morgan fingerprint density at radius 1 is 1.31 bits per heavy atom. The molecule has 2 saturated carbocycles. The fourth-order valence-corrected chi connectivity index (χ4v) is 4.23. The van der Waals surface area contributed by atoms with Crippen LogP contribution in [-0.2, 0) is 14.6 Å². The van der Waals surface area contributed by atoms with Gasteiger partial charge in [-0.15, -0.1) is 0 Å². The molecule has 75 valence electrons. The lowest BCUT2D eigenvalue weighted by Gasteiger charge is -2.19. The van der Waals surface area contributed by atoms with Crippen LogP contribution in [0.15, 0.2) is 0 Å². The van der Waals surface area contributed by atoms with Crippen LogP contribution in [0.5, 0.6) is 0 Å². The van der Waals surface area contributed by atoms with Crippen molar-refractivity contribution >= 4 is 9.84 Å². The summed E-state index contributed by atoms with van der Waals surface area (Å²) in [5.41, 5.74) is 0. The molecular weight excluding hydrogens is 188 g/mol. The van der Waals surface area contributed by atoms with Gasteiger partial charge in [0.15, 0.2) is 9.84 Å². The molecule has 0 bridgehead atoms. The molecule has 0 spiro atoms. The maximum atomic E-state index is 12.0. The summed E-state index contributed by atoms with van der Waals surface area (Å²) in [6, 6.07) is 0. The Morgan fingerprint density at radius 2 is 1.85 bits per heavy atom. The van der Waals surface area contributed by atoms with Crippen molar-refractivity contribution in [1.82, 2.24) is 0 Å². The maximum Gasteiger partial charge on any atom is 0.163 e. The number of ether oxygens (including phenoxy) is 1. The highest BCUT2D eigenvalue weighted by Gasteiger charge is 2.65. The Hall–Kier alpha value is -0.0900. The molecule has 0 atom stereocenters. The minimum atomic E-state index is -3.05. The van der Waals surface area contributed by atoms with Gasteiger partial charge < -0.3 is 4.74 Å². The SMILES string of the molecule is [CH2]C1(S(=O)(=O)C2(COC)CC2)CC1. The molecule has 0 aliphatic heterocycles. The highest BCUT2D eigenvalue weighted by molar-refractivity contribution is 7.94. The predicted molar refractivity (Wildman–Crippen MR) is 50.1 cm³/mol. The van der Waals surface area contributed by atoms with Crippen LogP contribution in [0.2, 0.25) is 0 Å². The molecule has 4 heteroatoms. The van der Waals surface area contributed by atoms with Crippen LogP contribution in [0.1, 0.15) is 25.7 Å². The van der Waals surface area contributed by atoms with Crippen molar-refractivity contribution in [3.05, 3.63) is 6.92 Å². The van der Waals surface area contributed by atoms with Gasteiger partial charge in [0.2, 0.25) is 0 Å². The maximum absolute atomic E-state index is 12.0. The molecule has 0 heterocycles.